The maximum absolute atomic E-state index is 9.40. The first-order valence-corrected chi connectivity index (χ1v) is 6.79. The lowest BCUT2D eigenvalue weighted by Crippen LogP contribution is -2.45. The third kappa shape index (κ3) is 2.61. The Hall–Kier alpha value is -2.04. The molecule has 0 aliphatic carbocycles. The van der Waals surface area contributed by atoms with Crippen molar-refractivity contribution in [2.45, 2.75) is 12.1 Å². The van der Waals surface area contributed by atoms with E-state index < -0.39 is 0 Å². The van der Waals surface area contributed by atoms with Crippen LogP contribution in [0.3, 0.4) is 0 Å². The van der Waals surface area contributed by atoms with Gasteiger partial charge in [0.15, 0.2) is 0 Å². The van der Waals surface area contributed by atoms with Gasteiger partial charge in [-0.05, 0) is 35.4 Å². The molecule has 2 atom stereocenters. The molecule has 0 spiro atoms. The third-order valence-electron chi connectivity index (χ3n) is 3.69. The number of piperazine rings is 1. The molecule has 4 nitrogen and oxygen atoms in total. The Morgan fingerprint density at radius 2 is 1.00 bits per heavy atom. The topological polar surface area (TPSA) is 64.5 Å². The van der Waals surface area contributed by atoms with Crippen molar-refractivity contribution in [1.29, 1.82) is 0 Å². The molecule has 4 N–H and O–H groups in total. The fourth-order valence-electron chi connectivity index (χ4n) is 2.67. The predicted molar refractivity (Wildman–Crippen MR) is 77.7 cm³/mol. The Bertz CT molecular complexity index is 513. The van der Waals surface area contributed by atoms with Crippen LogP contribution in [0.5, 0.6) is 11.5 Å². The fourth-order valence-corrected chi connectivity index (χ4v) is 2.67. The summed E-state index contributed by atoms with van der Waals surface area (Å²) in [4.78, 5) is 0. The van der Waals surface area contributed by atoms with Crippen molar-refractivity contribution in [1.82, 2.24) is 10.6 Å². The van der Waals surface area contributed by atoms with Crippen LogP contribution < -0.4 is 10.6 Å². The second-order valence-electron chi connectivity index (χ2n) is 5.05. The minimum absolute atomic E-state index is 0.147. The molecule has 4 heteroatoms. The highest BCUT2D eigenvalue weighted by Gasteiger charge is 2.27. The van der Waals surface area contributed by atoms with Crippen LogP contribution in [-0.2, 0) is 0 Å². The average Bonchev–Trinajstić information content (AvgIpc) is 2.49. The first-order chi connectivity index (χ1) is 9.74. The van der Waals surface area contributed by atoms with Crippen LogP contribution in [0.1, 0.15) is 23.2 Å². The number of phenolic OH excluding ortho intramolecular Hbond substituents is 2. The summed E-state index contributed by atoms with van der Waals surface area (Å²) < 4.78 is 0. The predicted octanol–water partition coefficient (Wildman–Crippen LogP) is 2.07. The van der Waals surface area contributed by atoms with E-state index in [1.54, 1.807) is 24.3 Å². The molecule has 0 radical (unpaired) electrons. The minimum Gasteiger partial charge on any atom is -0.508 e. The molecule has 1 fully saturated rings. The van der Waals surface area contributed by atoms with E-state index >= 15 is 0 Å². The molecule has 0 saturated carbocycles. The molecular weight excluding hydrogens is 252 g/mol. The van der Waals surface area contributed by atoms with Gasteiger partial charge in [-0.25, -0.2) is 0 Å². The highest BCUT2D eigenvalue weighted by molar-refractivity contribution is 5.34. The summed E-state index contributed by atoms with van der Waals surface area (Å²) in [6.45, 7) is 1.81. The highest BCUT2D eigenvalue weighted by atomic mass is 16.3. The molecule has 0 amide bonds. The highest BCUT2D eigenvalue weighted by Crippen LogP contribution is 2.31. The van der Waals surface area contributed by atoms with Crippen molar-refractivity contribution in [3.05, 3.63) is 59.7 Å². The van der Waals surface area contributed by atoms with E-state index in [1.165, 1.54) is 0 Å². The molecule has 104 valence electrons. The van der Waals surface area contributed by atoms with E-state index in [0.29, 0.717) is 0 Å². The number of phenols is 2. The molecule has 1 aliphatic rings. The third-order valence-corrected chi connectivity index (χ3v) is 3.69. The van der Waals surface area contributed by atoms with Crippen molar-refractivity contribution in [3.8, 4) is 11.5 Å². The number of benzene rings is 2. The average molecular weight is 270 g/mol. The Morgan fingerprint density at radius 1 is 0.650 bits per heavy atom. The summed E-state index contributed by atoms with van der Waals surface area (Å²) in [7, 11) is 0. The normalized spacial score (nSPS) is 22.6. The maximum Gasteiger partial charge on any atom is 0.115 e. The molecule has 0 aromatic heterocycles. The monoisotopic (exact) mass is 270 g/mol. The first kappa shape index (κ1) is 13.0. The van der Waals surface area contributed by atoms with Gasteiger partial charge in [0, 0.05) is 13.1 Å². The number of aromatic hydroxyl groups is 2. The van der Waals surface area contributed by atoms with E-state index in [9.17, 15) is 10.2 Å². The molecule has 1 heterocycles. The second kappa shape index (κ2) is 5.53. The Morgan fingerprint density at radius 3 is 1.35 bits per heavy atom. The summed E-state index contributed by atoms with van der Waals surface area (Å²) >= 11 is 0. The van der Waals surface area contributed by atoms with Gasteiger partial charge in [-0.1, -0.05) is 24.3 Å². The number of hydrogen-bond donors (Lipinski definition) is 4. The van der Waals surface area contributed by atoms with Gasteiger partial charge in [-0.3, -0.25) is 0 Å². The van der Waals surface area contributed by atoms with Gasteiger partial charge in [0.2, 0.25) is 0 Å². The zero-order chi connectivity index (χ0) is 13.9. The van der Waals surface area contributed by atoms with Crippen LogP contribution in [0.4, 0.5) is 0 Å². The SMILES string of the molecule is Oc1ccc([C@@H]2NCCN[C@H]2c2ccc(O)cc2)cc1. The van der Waals surface area contributed by atoms with Crippen LogP contribution in [0.25, 0.3) is 0 Å². The number of nitrogens with one attached hydrogen (secondary N) is 2. The Kier molecular flexibility index (Phi) is 3.58. The first-order valence-electron chi connectivity index (χ1n) is 6.79. The van der Waals surface area contributed by atoms with Crippen LogP contribution in [-0.4, -0.2) is 23.3 Å². The van der Waals surface area contributed by atoms with Gasteiger partial charge in [0.1, 0.15) is 11.5 Å². The molecule has 3 rings (SSSR count). The lowest BCUT2D eigenvalue weighted by molar-refractivity contribution is 0.332. The number of rotatable bonds is 2. The summed E-state index contributed by atoms with van der Waals surface area (Å²) in [6.07, 6.45) is 0. The molecule has 0 unspecified atom stereocenters. The quantitative estimate of drug-likeness (QED) is 0.674. The Balaban J connectivity index is 1.90. The van der Waals surface area contributed by atoms with Crippen LogP contribution in [0, 0.1) is 0 Å². The van der Waals surface area contributed by atoms with E-state index in [-0.39, 0.29) is 23.6 Å². The van der Waals surface area contributed by atoms with E-state index in [4.69, 9.17) is 0 Å². The molecule has 1 saturated heterocycles. The number of hydrogen-bond acceptors (Lipinski definition) is 4. The van der Waals surface area contributed by atoms with Gasteiger partial charge in [0.25, 0.3) is 0 Å². The van der Waals surface area contributed by atoms with Crippen LogP contribution in [0.15, 0.2) is 48.5 Å². The van der Waals surface area contributed by atoms with Crippen molar-refractivity contribution in [2.24, 2.45) is 0 Å². The molecule has 0 bridgehead atoms. The van der Waals surface area contributed by atoms with Gasteiger partial charge >= 0.3 is 0 Å². The van der Waals surface area contributed by atoms with E-state index in [2.05, 4.69) is 10.6 Å². The van der Waals surface area contributed by atoms with Gasteiger partial charge in [-0.15, -0.1) is 0 Å². The minimum atomic E-state index is 0.147. The molecule has 1 aliphatic heterocycles. The van der Waals surface area contributed by atoms with Gasteiger partial charge in [-0.2, -0.15) is 0 Å². The van der Waals surface area contributed by atoms with Crippen molar-refractivity contribution < 1.29 is 10.2 Å². The lowest BCUT2D eigenvalue weighted by Gasteiger charge is -2.34. The van der Waals surface area contributed by atoms with Crippen molar-refractivity contribution in [3.63, 3.8) is 0 Å². The summed E-state index contributed by atoms with van der Waals surface area (Å²) in [5.41, 5.74) is 2.26. The summed E-state index contributed by atoms with van der Waals surface area (Å²) in [6, 6.07) is 14.9. The standard InChI is InChI=1S/C16H18N2O2/c19-13-5-1-11(2-6-13)15-16(18-10-9-17-15)12-3-7-14(20)8-4-12/h1-8,15-20H,9-10H2/t15-,16-/m0/s1. The van der Waals surface area contributed by atoms with Crippen molar-refractivity contribution >= 4 is 0 Å². The zero-order valence-corrected chi connectivity index (χ0v) is 11.1. The summed E-state index contributed by atoms with van der Waals surface area (Å²) in [5, 5.41) is 25.8. The zero-order valence-electron chi connectivity index (χ0n) is 11.1. The van der Waals surface area contributed by atoms with Crippen LogP contribution in [0.2, 0.25) is 0 Å². The van der Waals surface area contributed by atoms with Crippen LogP contribution >= 0.6 is 0 Å². The largest absolute Gasteiger partial charge is 0.508 e. The molecule has 2 aromatic rings. The van der Waals surface area contributed by atoms with Gasteiger partial charge in [0.05, 0.1) is 12.1 Å². The Labute approximate surface area is 118 Å². The smallest absolute Gasteiger partial charge is 0.115 e. The molecule has 2 aromatic carbocycles. The summed E-state index contributed by atoms with van der Waals surface area (Å²) in [5.74, 6) is 0.553. The van der Waals surface area contributed by atoms with Crippen molar-refractivity contribution in [2.75, 3.05) is 13.1 Å². The van der Waals surface area contributed by atoms with E-state index in [0.717, 1.165) is 24.2 Å². The second-order valence-corrected chi connectivity index (χ2v) is 5.05. The lowest BCUT2D eigenvalue weighted by atomic mass is 9.91. The van der Waals surface area contributed by atoms with Gasteiger partial charge < -0.3 is 20.8 Å². The van der Waals surface area contributed by atoms with E-state index in [1.807, 2.05) is 24.3 Å². The fraction of sp³-hybridized carbons (Fsp3) is 0.250. The molecular formula is C16H18N2O2. The maximum atomic E-state index is 9.40. The molecule has 20 heavy (non-hydrogen) atoms.